The zero-order valence-electron chi connectivity index (χ0n) is 40.5. The van der Waals surface area contributed by atoms with Crippen LogP contribution in [-0.2, 0) is 25.0 Å². The Morgan fingerprint density at radius 1 is 0.352 bits per heavy atom. The van der Waals surface area contributed by atoms with Crippen molar-refractivity contribution in [1.82, 2.24) is 5.32 Å². The molecule has 0 aromatic heterocycles. The topological polar surface area (TPSA) is 114 Å². The molecule has 0 atom stereocenters. The number of carbonyl (C=O) groups excluding carboxylic acids is 4. The van der Waals surface area contributed by atoms with E-state index in [4.69, 9.17) is 0 Å². The molecule has 0 unspecified atom stereocenters. The van der Waals surface area contributed by atoms with Crippen LogP contribution in [0.3, 0.4) is 0 Å². The van der Waals surface area contributed by atoms with E-state index in [0.717, 1.165) is 5.32 Å². The second kappa shape index (κ2) is 22.1. The number of benzene rings is 1. The van der Waals surface area contributed by atoms with Gasteiger partial charge in [-0.1, -0.05) is 0 Å². The Bertz CT molecular complexity index is 3030. The van der Waals surface area contributed by atoms with Crippen molar-refractivity contribution in [2.75, 3.05) is 6.73 Å². The number of rotatable bonds is 27. The molecule has 0 bridgehead atoms. The number of isocyanates is 2. The molecule has 0 heterocycles. The minimum Gasteiger partial charge on any atom is -0.445 e. The first-order valence-corrected chi connectivity index (χ1v) is 20.3. The normalized spacial score (nSPS) is 15.9. The molecule has 0 aliphatic rings. The van der Waals surface area contributed by atoms with Gasteiger partial charge in [0, 0.05) is 12.5 Å². The van der Waals surface area contributed by atoms with E-state index in [1.54, 1.807) is 0 Å². The van der Waals surface area contributed by atoms with Crippen LogP contribution in [0.1, 0.15) is 28.4 Å². The highest BCUT2D eigenvalue weighted by Crippen LogP contribution is 2.73. The maximum Gasteiger partial charge on any atom is 0.460 e. The summed E-state index contributed by atoms with van der Waals surface area (Å²) >= 11 is 0. The van der Waals surface area contributed by atoms with E-state index in [1.807, 2.05) is 0 Å². The Hall–Kier alpha value is -6.37. The zero-order valence-corrected chi connectivity index (χ0v) is 40.5. The van der Waals surface area contributed by atoms with Crippen LogP contribution in [0.5, 0.6) is 0 Å². The first-order chi connectivity index (χ1) is 39.1. The maximum absolute atomic E-state index is 15.8. The third-order valence-corrected chi connectivity index (χ3v) is 11.6. The fraction of sp³-hybridized carbons (Fsp3) is 0.722. The molecule has 55 heteroatoms. The minimum atomic E-state index is -11.0. The van der Waals surface area contributed by atoms with Crippen molar-refractivity contribution in [2.45, 2.75) is 150 Å². The van der Waals surface area contributed by atoms with Gasteiger partial charge in [0.15, 0.2) is 6.73 Å². The molecule has 1 aromatic carbocycles. The van der Waals surface area contributed by atoms with Gasteiger partial charge >= 0.3 is 142 Å². The van der Waals surface area contributed by atoms with Crippen LogP contribution < -0.4 is 5.32 Å². The number of alkyl halides is 47. The smallest absolute Gasteiger partial charge is 0.445 e. The van der Waals surface area contributed by atoms with Gasteiger partial charge in [-0.3, -0.25) is 9.59 Å². The average Bonchev–Trinajstić information content (AvgIpc) is 0.684. The highest BCUT2D eigenvalue weighted by Gasteiger charge is 3.04. The van der Waals surface area contributed by atoms with Crippen molar-refractivity contribution in [3.05, 3.63) is 22.8 Å². The summed E-state index contributed by atoms with van der Waals surface area (Å²) in [6.07, 6.45) is -8.22. The Morgan fingerprint density at radius 3 is 0.747 bits per heavy atom. The lowest BCUT2D eigenvalue weighted by Gasteiger charge is -2.47. The van der Waals surface area contributed by atoms with Gasteiger partial charge in [-0.2, -0.15) is 216 Å². The molecule has 1 N–H and O–H groups in total. The lowest BCUT2D eigenvalue weighted by molar-refractivity contribution is -0.498. The van der Waals surface area contributed by atoms with E-state index in [2.05, 4.69) is 14.7 Å². The number of esters is 1. The monoisotopic (exact) mass is 1460 g/mol. The Kier molecular flexibility index (Phi) is 20.1. The molecule has 0 aliphatic heterocycles. The number of carbonyl (C=O) groups is 2. The summed E-state index contributed by atoms with van der Waals surface area (Å²) in [5.41, 5.74) is -13.1. The van der Waals surface area contributed by atoms with E-state index < -0.39 is 183 Å². The van der Waals surface area contributed by atoms with Crippen LogP contribution in [0.2, 0.25) is 0 Å². The van der Waals surface area contributed by atoms with E-state index in [9.17, 15) is 199 Å². The van der Waals surface area contributed by atoms with Crippen LogP contribution in [0.25, 0.3) is 0 Å². The van der Waals surface area contributed by atoms with Crippen molar-refractivity contribution < 1.29 is 230 Å². The molecule has 0 spiro atoms. The second-order valence-electron chi connectivity index (χ2n) is 17.1. The molecule has 528 valence electrons. The van der Waals surface area contributed by atoms with Gasteiger partial charge < -0.3 is 10.1 Å². The summed E-state index contributed by atoms with van der Waals surface area (Å²) < 4.78 is 674. The summed E-state index contributed by atoms with van der Waals surface area (Å²) in [7, 11) is 0. The third-order valence-electron chi connectivity index (χ3n) is 11.6. The lowest BCUT2D eigenvalue weighted by Crippen LogP contribution is -2.81. The highest BCUT2D eigenvalue weighted by molar-refractivity contribution is 6.02. The first-order valence-electron chi connectivity index (χ1n) is 20.3. The molecule has 0 radical (unpaired) electrons. The predicted molar refractivity (Wildman–Crippen MR) is 185 cm³/mol. The quantitative estimate of drug-likeness (QED) is 0.0310. The van der Waals surface area contributed by atoms with Gasteiger partial charge in [0.25, 0.3) is 5.91 Å². The zero-order chi connectivity index (χ0) is 74.2. The van der Waals surface area contributed by atoms with Crippen LogP contribution in [0, 0.1) is 6.92 Å². The summed E-state index contributed by atoms with van der Waals surface area (Å²) in [5.74, 6) is -232. The van der Waals surface area contributed by atoms with Gasteiger partial charge in [0.1, 0.15) is 0 Å². The molecule has 0 saturated heterocycles. The second-order valence-corrected chi connectivity index (χ2v) is 17.1. The Balaban J connectivity index is 4.39. The number of amides is 1. The molecular weight excluding hydrogens is 1450 g/mol. The van der Waals surface area contributed by atoms with Crippen LogP contribution in [-0.4, -0.2) is 161 Å². The molecule has 1 rings (SSSR count). The fourth-order valence-electron chi connectivity index (χ4n) is 6.25. The van der Waals surface area contributed by atoms with E-state index in [1.165, 1.54) is 0 Å². The van der Waals surface area contributed by atoms with Gasteiger partial charge in [-0.15, -0.1) is 0 Å². The van der Waals surface area contributed by atoms with Gasteiger partial charge in [-0.05, 0) is 18.6 Å². The standard InChI is InChI=1S/C36H10F47N3O5/c1-7-9(84-4-87)3-10(85-5-88)11(13(90)86-6-91-8(2)89)12(7)14(37,38)15(39,40)16(41,42)17(43,44)18(45,46)19(47,48)20(49,50)21(51,52)22(53,54)23(55,56)24(57,58)25(59,60)26(61,62)27(63,64)28(65,66)29(67,68)30(69,70)31(71,72)32(73,74)33(75,76)34(77,78)35(79,80)36(81,82)83/h3H,6H2,1-2H3,(H,86,90). The number of hydrogen-bond donors (Lipinski definition) is 1. The van der Waals surface area contributed by atoms with Gasteiger partial charge in [-0.25, -0.2) is 9.59 Å². The molecular formula is C36H10F47N3O5. The lowest BCUT2D eigenvalue weighted by atomic mass is 9.81. The first kappa shape index (κ1) is 82.6. The van der Waals surface area contributed by atoms with Crippen LogP contribution >= 0.6 is 0 Å². The predicted octanol–water partition coefficient (Wildman–Crippen LogP) is 16.2. The maximum atomic E-state index is 15.8. The van der Waals surface area contributed by atoms with E-state index >= 15 is 26.3 Å². The number of nitrogens with one attached hydrogen (secondary N) is 1. The summed E-state index contributed by atoms with van der Waals surface area (Å²) in [6.45, 7) is -1.84. The summed E-state index contributed by atoms with van der Waals surface area (Å²) in [5, 5.41) is 0.964. The van der Waals surface area contributed by atoms with Gasteiger partial charge in [0.05, 0.1) is 16.9 Å². The molecule has 91 heavy (non-hydrogen) atoms. The largest absolute Gasteiger partial charge is 0.460 e. The number of hydrogen-bond acceptors (Lipinski definition) is 7. The molecule has 0 fully saturated rings. The van der Waals surface area contributed by atoms with E-state index in [0.29, 0.717) is 6.92 Å². The van der Waals surface area contributed by atoms with Gasteiger partial charge in [0.2, 0.25) is 12.2 Å². The molecule has 0 saturated carbocycles. The van der Waals surface area contributed by atoms with Crippen molar-refractivity contribution in [1.29, 1.82) is 0 Å². The number of halogens is 47. The average molecular weight is 1460 g/mol. The fourth-order valence-corrected chi connectivity index (χ4v) is 6.25. The number of ether oxygens (including phenoxy) is 1. The Morgan fingerprint density at radius 2 is 0.549 bits per heavy atom. The SMILES string of the molecule is CC(=O)OCNC(=O)c1c(N=C=O)cc(N=C=O)c(C)c1C(F)(F)C(F)(F)C(F)(F)C(F)(F)C(F)(F)C(F)(F)C(F)(F)C(F)(F)C(F)(F)C(F)(F)C(F)(F)C(F)(F)C(F)(F)C(F)(F)C(F)(F)C(F)(F)C(F)(F)C(F)(F)C(F)(F)C(F)(F)C(F)(F)C(F)(F)C(F)(F)F. The van der Waals surface area contributed by atoms with Crippen LogP contribution in [0.15, 0.2) is 16.1 Å². The highest BCUT2D eigenvalue weighted by atomic mass is 19.4. The summed E-state index contributed by atoms with van der Waals surface area (Å²) in [6, 6.07) is -0.319. The molecule has 0 aliphatic carbocycles. The van der Waals surface area contributed by atoms with Crippen molar-refractivity contribution >= 4 is 35.4 Å². The van der Waals surface area contributed by atoms with Crippen LogP contribution in [0.4, 0.5) is 218 Å². The van der Waals surface area contributed by atoms with E-state index in [-0.39, 0.29) is 25.1 Å². The molecule has 1 aromatic rings. The molecule has 8 nitrogen and oxygen atoms in total. The third kappa shape index (κ3) is 10.2. The number of aliphatic imine (C=N–C) groups is 2. The number of nitrogens with zero attached hydrogens (tertiary/aromatic N) is 2. The van der Waals surface area contributed by atoms with Crippen molar-refractivity contribution in [3.63, 3.8) is 0 Å². The van der Waals surface area contributed by atoms with Crippen molar-refractivity contribution in [3.8, 4) is 0 Å². The van der Waals surface area contributed by atoms with Crippen molar-refractivity contribution in [2.24, 2.45) is 9.98 Å². The minimum absolute atomic E-state index is 0.185. The Labute approximate surface area is 461 Å². The molecule has 1 amide bonds. The summed E-state index contributed by atoms with van der Waals surface area (Å²) in [4.78, 5) is 50.0.